The van der Waals surface area contributed by atoms with Gasteiger partial charge in [0.25, 0.3) is 0 Å². The van der Waals surface area contributed by atoms with Gasteiger partial charge in [0.05, 0.1) is 7.11 Å². The lowest BCUT2D eigenvalue weighted by Gasteiger charge is -2.36. The van der Waals surface area contributed by atoms with Gasteiger partial charge in [-0.1, -0.05) is 19.3 Å². The summed E-state index contributed by atoms with van der Waals surface area (Å²) in [7, 11) is 1.41. The summed E-state index contributed by atoms with van der Waals surface area (Å²) < 4.78 is 17.8. The number of carbonyl (C=O) groups is 1. The molecule has 1 aromatic carbocycles. The maximum absolute atomic E-state index is 12.9. The Morgan fingerprint density at radius 2 is 1.83 bits per heavy atom. The van der Waals surface area contributed by atoms with E-state index in [9.17, 15) is 9.18 Å². The first-order chi connectivity index (χ1) is 8.66. The first-order valence-electron chi connectivity index (χ1n) is 6.28. The number of hydrogen-bond donors (Lipinski definition) is 1. The van der Waals surface area contributed by atoms with Gasteiger partial charge in [0.2, 0.25) is 0 Å². The van der Waals surface area contributed by atoms with Crippen LogP contribution in [0.2, 0.25) is 0 Å². The predicted molar refractivity (Wildman–Crippen MR) is 67.9 cm³/mol. The first-order valence-corrected chi connectivity index (χ1v) is 6.28. The number of hydrogen-bond acceptors (Lipinski definition) is 3. The van der Waals surface area contributed by atoms with Crippen LogP contribution < -0.4 is 5.32 Å². The smallest absolute Gasteiger partial charge is 0.331 e. The Labute approximate surface area is 106 Å². The highest BCUT2D eigenvalue weighted by Crippen LogP contribution is 2.32. The zero-order valence-electron chi connectivity index (χ0n) is 10.5. The lowest BCUT2D eigenvalue weighted by atomic mass is 9.81. The SMILES string of the molecule is COC(=O)C1(Nc2ccc(F)cc2)CCCCC1. The number of nitrogens with one attached hydrogen (secondary N) is 1. The van der Waals surface area contributed by atoms with Crippen molar-refractivity contribution < 1.29 is 13.9 Å². The number of anilines is 1. The van der Waals surface area contributed by atoms with E-state index >= 15 is 0 Å². The van der Waals surface area contributed by atoms with Crippen LogP contribution in [0.4, 0.5) is 10.1 Å². The quantitative estimate of drug-likeness (QED) is 0.839. The normalized spacial score (nSPS) is 18.1. The van der Waals surface area contributed by atoms with Crippen molar-refractivity contribution >= 4 is 11.7 Å². The highest BCUT2D eigenvalue weighted by atomic mass is 19.1. The molecule has 1 aliphatic carbocycles. The maximum Gasteiger partial charge on any atom is 0.331 e. The summed E-state index contributed by atoms with van der Waals surface area (Å²) >= 11 is 0. The molecule has 98 valence electrons. The van der Waals surface area contributed by atoms with Gasteiger partial charge < -0.3 is 10.1 Å². The second kappa shape index (κ2) is 5.38. The van der Waals surface area contributed by atoms with Crippen LogP contribution >= 0.6 is 0 Å². The first kappa shape index (κ1) is 12.9. The molecule has 1 saturated carbocycles. The van der Waals surface area contributed by atoms with Gasteiger partial charge in [0.1, 0.15) is 11.4 Å². The monoisotopic (exact) mass is 251 g/mol. The van der Waals surface area contributed by atoms with E-state index in [4.69, 9.17) is 4.74 Å². The van der Waals surface area contributed by atoms with Crippen molar-refractivity contribution in [1.82, 2.24) is 0 Å². The van der Waals surface area contributed by atoms with E-state index in [1.165, 1.54) is 19.2 Å². The standard InChI is InChI=1S/C14H18FNO2/c1-18-13(17)14(9-3-2-4-10-14)16-12-7-5-11(15)6-8-12/h5-8,16H,2-4,9-10H2,1H3. The molecule has 0 unspecified atom stereocenters. The molecule has 0 spiro atoms. The molecule has 0 radical (unpaired) electrons. The van der Waals surface area contributed by atoms with Crippen molar-refractivity contribution in [3.63, 3.8) is 0 Å². The molecule has 0 aliphatic heterocycles. The van der Waals surface area contributed by atoms with Gasteiger partial charge in [-0.15, -0.1) is 0 Å². The number of carbonyl (C=O) groups excluding carboxylic acids is 1. The van der Waals surface area contributed by atoms with E-state index in [2.05, 4.69) is 5.32 Å². The Morgan fingerprint density at radius 3 is 2.39 bits per heavy atom. The third-order valence-electron chi connectivity index (χ3n) is 3.51. The molecular formula is C14H18FNO2. The fourth-order valence-electron chi connectivity index (χ4n) is 2.54. The molecule has 2 rings (SSSR count). The van der Waals surface area contributed by atoms with Gasteiger partial charge in [0, 0.05) is 5.69 Å². The van der Waals surface area contributed by atoms with Gasteiger partial charge in [0.15, 0.2) is 0 Å². The molecule has 0 aromatic heterocycles. The average molecular weight is 251 g/mol. The Kier molecular flexibility index (Phi) is 3.84. The molecule has 4 heteroatoms. The summed E-state index contributed by atoms with van der Waals surface area (Å²) in [4.78, 5) is 12.0. The Morgan fingerprint density at radius 1 is 1.22 bits per heavy atom. The third kappa shape index (κ3) is 2.63. The number of benzene rings is 1. The fourth-order valence-corrected chi connectivity index (χ4v) is 2.54. The van der Waals surface area contributed by atoms with Crippen molar-refractivity contribution in [2.24, 2.45) is 0 Å². The van der Waals surface area contributed by atoms with Crippen LogP contribution in [0.3, 0.4) is 0 Å². The third-order valence-corrected chi connectivity index (χ3v) is 3.51. The van der Waals surface area contributed by atoms with Gasteiger partial charge in [-0.25, -0.2) is 9.18 Å². The molecule has 0 saturated heterocycles. The number of ether oxygens (including phenoxy) is 1. The van der Waals surface area contributed by atoms with Crippen LogP contribution in [-0.2, 0) is 9.53 Å². The van der Waals surface area contributed by atoms with Crippen LogP contribution in [0.1, 0.15) is 32.1 Å². The summed E-state index contributed by atoms with van der Waals surface area (Å²) in [5.41, 5.74) is 0.105. The highest BCUT2D eigenvalue weighted by Gasteiger charge is 2.40. The summed E-state index contributed by atoms with van der Waals surface area (Å²) in [5, 5.41) is 3.23. The Balaban J connectivity index is 2.19. The number of rotatable bonds is 3. The van der Waals surface area contributed by atoms with Crippen molar-refractivity contribution in [2.45, 2.75) is 37.6 Å². The van der Waals surface area contributed by atoms with E-state index in [-0.39, 0.29) is 11.8 Å². The van der Waals surface area contributed by atoms with E-state index < -0.39 is 5.54 Å². The molecule has 3 nitrogen and oxygen atoms in total. The van der Waals surface area contributed by atoms with E-state index in [1.54, 1.807) is 12.1 Å². The molecule has 0 atom stereocenters. The zero-order valence-corrected chi connectivity index (χ0v) is 10.5. The zero-order chi connectivity index (χ0) is 13.0. The molecule has 18 heavy (non-hydrogen) atoms. The average Bonchev–Trinajstić information content (AvgIpc) is 2.41. The molecule has 1 N–H and O–H groups in total. The second-order valence-corrected chi connectivity index (χ2v) is 4.77. The van der Waals surface area contributed by atoms with Gasteiger partial charge in [-0.3, -0.25) is 0 Å². The molecule has 1 aromatic rings. The van der Waals surface area contributed by atoms with Crippen LogP contribution in [-0.4, -0.2) is 18.6 Å². The van der Waals surface area contributed by atoms with E-state index in [1.807, 2.05) is 0 Å². The molecule has 0 heterocycles. The number of methoxy groups -OCH3 is 1. The van der Waals surface area contributed by atoms with Gasteiger partial charge in [-0.05, 0) is 37.1 Å². The number of esters is 1. The van der Waals surface area contributed by atoms with Crippen LogP contribution in [0.15, 0.2) is 24.3 Å². The minimum Gasteiger partial charge on any atom is -0.467 e. The fraction of sp³-hybridized carbons (Fsp3) is 0.500. The lowest BCUT2D eigenvalue weighted by Crippen LogP contribution is -2.48. The number of halogens is 1. The second-order valence-electron chi connectivity index (χ2n) is 4.77. The summed E-state index contributed by atoms with van der Waals surface area (Å²) in [6.45, 7) is 0. The minimum atomic E-state index is -0.648. The molecule has 0 amide bonds. The molecular weight excluding hydrogens is 233 g/mol. The van der Waals surface area contributed by atoms with Crippen LogP contribution in [0.25, 0.3) is 0 Å². The Bertz CT molecular complexity index is 410. The molecule has 0 bridgehead atoms. The minimum absolute atomic E-state index is 0.230. The van der Waals surface area contributed by atoms with Crippen LogP contribution in [0, 0.1) is 5.82 Å². The summed E-state index contributed by atoms with van der Waals surface area (Å²) in [6, 6.07) is 6.07. The van der Waals surface area contributed by atoms with Gasteiger partial charge >= 0.3 is 5.97 Å². The molecule has 1 aliphatic rings. The van der Waals surface area contributed by atoms with E-state index in [0.29, 0.717) is 0 Å². The van der Waals surface area contributed by atoms with Crippen molar-refractivity contribution in [3.8, 4) is 0 Å². The van der Waals surface area contributed by atoms with E-state index in [0.717, 1.165) is 37.8 Å². The lowest BCUT2D eigenvalue weighted by molar-refractivity contribution is -0.147. The van der Waals surface area contributed by atoms with Crippen LogP contribution in [0.5, 0.6) is 0 Å². The topological polar surface area (TPSA) is 38.3 Å². The van der Waals surface area contributed by atoms with Crippen molar-refractivity contribution in [2.75, 3.05) is 12.4 Å². The van der Waals surface area contributed by atoms with Crippen molar-refractivity contribution in [3.05, 3.63) is 30.1 Å². The molecule has 1 fully saturated rings. The predicted octanol–water partition coefficient (Wildman–Crippen LogP) is 3.11. The summed E-state index contributed by atoms with van der Waals surface area (Å²) in [5.74, 6) is -0.511. The Hall–Kier alpha value is -1.58. The van der Waals surface area contributed by atoms with Gasteiger partial charge in [-0.2, -0.15) is 0 Å². The highest BCUT2D eigenvalue weighted by molar-refractivity contribution is 5.84. The maximum atomic E-state index is 12.9. The summed E-state index contributed by atoms with van der Waals surface area (Å²) in [6.07, 6.45) is 4.67. The largest absolute Gasteiger partial charge is 0.467 e. The van der Waals surface area contributed by atoms with Crippen molar-refractivity contribution in [1.29, 1.82) is 0 Å².